The molecule has 2 aromatic carbocycles. The lowest BCUT2D eigenvalue weighted by molar-refractivity contribution is -0.135. The van der Waals surface area contributed by atoms with E-state index in [2.05, 4.69) is 10.3 Å². The fourth-order valence-electron chi connectivity index (χ4n) is 2.55. The van der Waals surface area contributed by atoms with Gasteiger partial charge in [-0.25, -0.2) is 4.98 Å². The molecule has 0 bridgehead atoms. The number of aliphatic hydroxyl groups is 1. The topological polar surface area (TPSA) is 129 Å². The van der Waals surface area contributed by atoms with Crippen molar-refractivity contribution in [2.24, 2.45) is 0 Å². The fourth-order valence-corrected chi connectivity index (χ4v) is 2.55. The van der Waals surface area contributed by atoms with Gasteiger partial charge in [-0.15, -0.1) is 0 Å². The molecule has 0 radical (unpaired) electrons. The Morgan fingerprint density at radius 3 is 2.39 bits per heavy atom. The Morgan fingerprint density at radius 2 is 1.75 bits per heavy atom. The van der Waals surface area contributed by atoms with Crippen LogP contribution in [0.15, 0.2) is 48.5 Å². The first-order valence-corrected chi connectivity index (χ1v) is 7.99. The highest BCUT2D eigenvalue weighted by Crippen LogP contribution is 2.33. The van der Waals surface area contributed by atoms with Gasteiger partial charge in [0.15, 0.2) is 11.4 Å². The van der Waals surface area contributed by atoms with Crippen LogP contribution in [0.25, 0.3) is 10.8 Å². The van der Waals surface area contributed by atoms with E-state index in [1.807, 2.05) is 18.2 Å². The lowest BCUT2D eigenvalue weighted by Gasteiger charge is -2.12. The monoisotopic (exact) mass is 384 g/mol. The Kier molecular flexibility index (Phi) is 6.51. The van der Waals surface area contributed by atoms with Gasteiger partial charge >= 0.3 is 5.97 Å². The van der Waals surface area contributed by atoms with Gasteiger partial charge in [0.25, 0.3) is 5.91 Å². The third-order valence-corrected chi connectivity index (χ3v) is 3.77. The molecule has 0 unspecified atom stereocenters. The Morgan fingerprint density at radius 1 is 1.04 bits per heavy atom. The zero-order valence-electron chi connectivity index (χ0n) is 14.0. The molecule has 1 aromatic heterocycles. The highest BCUT2D eigenvalue weighted by Gasteiger charge is 2.20. The average Bonchev–Trinajstić information content (AvgIpc) is 2.67. The number of benzene rings is 2. The van der Waals surface area contributed by atoms with Crippen molar-refractivity contribution in [2.75, 3.05) is 6.54 Å². The number of para-hydroxylation sites is 1. The number of aliphatic carboxylic acids is 1. The van der Waals surface area contributed by atoms with E-state index < -0.39 is 30.8 Å². The Hall–Kier alpha value is -3.65. The van der Waals surface area contributed by atoms with E-state index in [9.17, 15) is 19.8 Å². The number of carboxylic acids is 1. The number of aromatic hydroxyl groups is 1. The minimum absolute atomic E-state index is 0. The number of carbonyl (C=O) groups excluding carboxylic acids is 1. The summed E-state index contributed by atoms with van der Waals surface area (Å²) < 4.78 is 5.73. The molecule has 1 amide bonds. The maximum atomic E-state index is 12.1. The molecule has 0 saturated carbocycles. The van der Waals surface area contributed by atoms with Crippen LogP contribution in [0.5, 0.6) is 17.2 Å². The summed E-state index contributed by atoms with van der Waals surface area (Å²) in [6.07, 6.45) is 0. The molecule has 0 fully saturated rings. The number of ether oxygens (including phenoxy) is 1. The van der Waals surface area contributed by atoms with Gasteiger partial charge in [-0.3, -0.25) is 9.59 Å². The standard InChI is InChI=1S/C19H16N2O6.CH4/c22-10-15-14-8-12(27-11-4-2-1-3-5-11)6-7-13(14)18(25)17(21-15)19(26)20-9-16(23)24;/h1-8,22,25H,9-10H2,(H,20,26)(H,23,24);1H4. The van der Waals surface area contributed by atoms with Crippen molar-refractivity contribution >= 4 is 22.6 Å². The van der Waals surface area contributed by atoms with Crippen LogP contribution in [0.3, 0.4) is 0 Å². The largest absolute Gasteiger partial charge is 0.505 e. The van der Waals surface area contributed by atoms with E-state index in [0.29, 0.717) is 16.9 Å². The molecule has 3 rings (SSSR count). The number of nitrogens with zero attached hydrogens (tertiary/aromatic N) is 1. The summed E-state index contributed by atoms with van der Waals surface area (Å²) in [5.74, 6) is -1.40. The first kappa shape index (κ1) is 20.7. The summed E-state index contributed by atoms with van der Waals surface area (Å²) in [5.41, 5.74) is -0.202. The van der Waals surface area contributed by atoms with Gasteiger partial charge in [-0.1, -0.05) is 25.6 Å². The summed E-state index contributed by atoms with van der Waals surface area (Å²) in [6, 6.07) is 13.8. The Labute approximate surface area is 161 Å². The molecule has 3 aromatic rings. The van der Waals surface area contributed by atoms with Crippen molar-refractivity contribution in [3.05, 3.63) is 59.9 Å². The second-order valence-corrected chi connectivity index (χ2v) is 5.61. The number of hydrogen-bond acceptors (Lipinski definition) is 6. The minimum Gasteiger partial charge on any atom is -0.505 e. The fraction of sp³-hybridized carbons (Fsp3) is 0.150. The van der Waals surface area contributed by atoms with Crippen LogP contribution < -0.4 is 10.1 Å². The van der Waals surface area contributed by atoms with E-state index in [-0.39, 0.29) is 24.2 Å². The van der Waals surface area contributed by atoms with Crippen LogP contribution in [0.1, 0.15) is 23.6 Å². The molecule has 0 aliphatic heterocycles. The Bertz CT molecular complexity index is 1000. The number of amides is 1. The molecule has 0 spiro atoms. The van der Waals surface area contributed by atoms with Gasteiger partial charge in [-0.05, 0) is 30.3 Å². The molecular formula is C20H20N2O6. The first-order chi connectivity index (χ1) is 13.0. The van der Waals surface area contributed by atoms with Gasteiger partial charge in [0.1, 0.15) is 18.0 Å². The maximum absolute atomic E-state index is 12.1. The van der Waals surface area contributed by atoms with Gasteiger partial charge in [0.2, 0.25) is 0 Å². The Balaban J connectivity index is 0.00000280. The maximum Gasteiger partial charge on any atom is 0.322 e. The number of carbonyl (C=O) groups is 2. The molecule has 8 nitrogen and oxygen atoms in total. The average molecular weight is 384 g/mol. The van der Waals surface area contributed by atoms with E-state index >= 15 is 0 Å². The molecule has 0 aliphatic carbocycles. The number of carboxylic acid groups (broad SMARTS) is 1. The third kappa shape index (κ3) is 4.36. The number of hydrogen-bond donors (Lipinski definition) is 4. The first-order valence-electron chi connectivity index (χ1n) is 7.99. The molecule has 0 aliphatic rings. The molecule has 8 heteroatoms. The van der Waals surface area contributed by atoms with Crippen LogP contribution in [-0.2, 0) is 11.4 Å². The number of pyridine rings is 1. The van der Waals surface area contributed by atoms with Crippen molar-refractivity contribution in [3.8, 4) is 17.2 Å². The molecule has 1 heterocycles. The van der Waals surface area contributed by atoms with Crippen LogP contribution in [0, 0.1) is 0 Å². The van der Waals surface area contributed by atoms with Crippen molar-refractivity contribution in [2.45, 2.75) is 14.0 Å². The molecule has 0 atom stereocenters. The summed E-state index contributed by atoms with van der Waals surface area (Å²) in [7, 11) is 0. The number of aromatic nitrogens is 1. The van der Waals surface area contributed by atoms with Gasteiger partial charge in [-0.2, -0.15) is 0 Å². The zero-order chi connectivity index (χ0) is 19.4. The van der Waals surface area contributed by atoms with E-state index in [4.69, 9.17) is 9.84 Å². The normalized spacial score (nSPS) is 10.2. The van der Waals surface area contributed by atoms with Crippen molar-refractivity contribution in [1.29, 1.82) is 0 Å². The quantitative estimate of drug-likeness (QED) is 0.514. The summed E-state index contributed by atoms with van der Waals surface area (Å²) in [6.45, 7) is -1.10. The van der Waals surface area contributed by atoms with Gasteiger partial charge in [0.05, 0.1) is 12.3 Å². The molecular weight excluding hydrogens is 364 g/mol. The van der Waals surface area contributed by atoms with Crippen LogP contribution in [0.2, 0.25) is 0 Å². The predicted octanol–water partition coefficient (Wildman–Crippen LogP) is 2.68. The number of fused-ring (bicyclic) bond motifs is 1. The lowest BCUT2D eigenvalue weighted by atomic mass is 10.1. The second kappa shape index (κ2) is 8.83. The second-order valence-electron chi connectivity index (χ2n) is 5.61. The number of nitrogens with one attached hydrogen (secondary N) is 1. The molecule has 28 heavy (non-hydrogen) atoms. The van der Waals surface area contributed by atoms with Crippen molar-refractivity contribution in [1.82, 2.24) is 10.3 Å². The molecule has 146 valence electrons. The van der Waals surface area contributed by atoms with Crippen molar-refractivity contribution in [3.63, 3.8) is 0 Å². The van der Waals surface area contributed by atoms with Gasteiger partial charge in [0, 0.05) is 10.8 Å². The van der Waals surface area contributed by atoms with E-state index in [0.717, 1.165) is 0 Å². The van der Waals surface area contributed by atoms with Crippen LogP contribution in [0.4, 0.5) is 0 Å². The summed E-state index contributed by atoms with van der Waals surface area (Å²) in [4.78, 5) is 26.7. The number of rotatable bonds is 6. The van der Waals surface area contributed by atoms with Crippen LogP contribution >= 0.6 is 0 Å². The third-order valence-electron chi connectivity index (χ3n) is 3.77. The lowest BCUT2D eigenvalue weighted by Crippen LogP contribution is -2.30. The minimum atomic E-state index is -1.23. The SMILES string of the molecule is C.O=C(O)CNC(=O)c1nc(CO)c2cc(Oc3ccccc3)ccc2c1O. The summed E-state index contributed by atoms with van der Waals surface area (Å²) in [5, 5.41) is 31.5. The number of aliphatic hydroxyl groups excluding tert-OH is 1. The molecule has 4 N–H and O–H groups in total. The summed E-state index contributed by atoms with van der Waals surface area (Å²) >= 11 is 0. The highest BCUT2D eigenvalue weighted by atomic mass is 16.5. The predicted molar refractivity (Wildman–Crippen MR) is 103 cm³/mol. The zero-order valence-corrected chi connectivity index (χ0v) is 14.0. The van der Waals surface area contributed by atoms with E-state index in [1.165, 1.54) is 6.07 Å². The van der Waals surface area contributed by atoms with E-state index in [1.54, 1.807) is 24.3 Å². The molecule has 0 saturated heterocycles. The highest BCUT2D eigenvalue weighted by molar-refractivity contribution is 6.03. The van der Waals surface area contributed by atoms with Gasteiger partial charge < -0.3 is 25.4 Å². The van der Waals surface area contributed by atoms with Crippen LogP contribution in [-0.4, -0.2) is 38.7 Å². The van der Waals surface area contributed by atoms with Crippen molar-refractivity contribution < 1.29 is 29.6 Å². The smallest absolute Gasteiger partial charge is 0.322 e.